The van der Waals surface area contributed by atoms with Crippen LogP contribution in [0.1, 0.15) is 35.0 Å². The minimum Gasteiger partial charge on any atom is -0.535 e. The number of carbonyl (C=O) groups is 2. The third-order valence-electron chi connectivity index (χ3n) is 4.15. The Morgan fingerprint density at radius 2 is 2.31 bits per heavy atom. The van der Waals surface area contributed by atoms with Gasteiger partial charge in [0.15, 0.2) is 5.13 Å². The molecule has 1 aromatic carbocycles. The second-order valence-electron chi connectivity index (χ2n) is 6.08. The molecule has 7 nitrogen and oxygen atoms in total. The van der Waals surface area contributed by atoms with Crippen LogP contribution in [0, 0.1) is 0 Å². The number of nitrogens with zero attached hydrogens (tertiary/aromatic N) is 1. The number of hydrogen-bond acceptors (Lipinski definition) is 8. The molecule has 2 aromatic rings. The highest BCUT2D eigenvalue weighted by molar-refractivity contribution is 7.13. The van der Waals surface area contributed by atoms with Crippen molar-refractivity contribution in [2.24, 2.45) is 0 Å². The zero-order chi connectivity index (χ0) is 18.7. The van der Waals surface area contributed by atoms with Gasteiger partial charge in [-0.15, -0.1) is 11.3 Å². The molecule has 1 atom stereocenters. The molecule has 0 bridgehead atoms. The topological polar surface area (TPSA) is 112 Å². The van der Waals surface area contributed by atoms with Crippen molar-refractivity contribution in [3.63, 3.8) is 0 Å². The molecule has 3 rings (SSSR count). The predicted octanol–water partition coefficient (Wildman–Crippen LogP) is 1.89. The SMILES string of the molecule is CCOC(=O)c1cccc2c1OB(O)[C@@H](CC(=O)Cc1csc(N)n1)C2. The predicted molar refractivity (Wildman–Crippen MR) is 98.3 cm³/mol. The molecule has 0 fully saturated rings. The zero-order valence-corrected chi connectivity index (χ0v) is 15.1. The summed E-state index contributed by atoms with van der Waals surface area (Å²) < 4.78 is 10.6. The van der Waals surface area contributed by atoms with E-state index < -0.39 is 13.1 Å². The molecule has 0 saturated carbocycles. The molecule has 1 aromatic heterocycles. The zero-order valence-electron chi connectivity index (χ0n) is 14.3. The molecular weight excluding hydrogens is 355 g/mol. The van der Waals surface area contributed by atoms with Gasteiger partial charge in [0.2, 0.25) is 0 Å². The molecule has 136 valence electrons. The van der Waals surface area contributed by atoms with Gasteiger partial charge in [-0.2, -0.15) is 0 Å². The third kappa shape index (κ3) is 4.05. The van der Waals surface area contributed by atoms with Crippen LogP contribution < -0.4 is 10.4 Å². The van der Waals surface area contributed by atoms with Crippen LogP contribution in [-0.2, 0) is 22.4 Å². The van der Waals surface area contributed by atoms with Crippen molar-refractivity contribution in [1.29, 1.82) is 0 Å². The van der Waals surface area contributed by atoms with E-state index in [1.54, 1.807) is 24.4 Å². The summed E-state index contributed by atoms with van der Waals surface area (Å²) in [5.41, 5.74) is 7.26. The van der Waals surface area contributed by atoms with Gasteiger partial charge in [-0.25, -0.2) is 9.78 Å². The first-order chi connectivity index (χ1) is 12.5. The molecule has 0 saturated heterocycles. The van der Waals surface area contributed by atoms with Gasteiger partial charge in [-0.1, -0.05) is 12.1 Å². The van der Waals surface area contributed by atoms with Crippen LogP contribution in [0.15, 0.2) is 23.6 Å². The fourth-order valence-corrected chi connectivity index (χ4v) is 3.56. The molecule has 0 unspecified atom stereocenters. The molecule has 1 aliphatic heterocycles. The summed E-state index contributed by atoms with van der Waals surface area (Å²) in [5.74, 6) is -0.599. The summed E-state index contributed by atoms with van der Waals surface area (Å²) in [4.78, 5) is 28.4. The maximum Gasteiger partial charge on any atom is 0.526 e. The van der Waals surface area contributed by atoms with Crippen molar-refractivity contribution >= 4 is 35.3 Å². The van der Waals surface area contributed by atoms with E-state index in [9.17, 15) is 14.6 Å². The summed E-state index contributed by atoms with van der Waals surface area (Å²) in [6, 6.07) is 5.16. The van der Waals surface area contributed by atoms with Gasteiger partial charge in [0.05, 0.1) is 12.3 Å². The number of carbonyl (C=O) groups excluding carboxylic acids is 2. The number of ether oxygens (including phenoxy) is 1. The van der Waals surface area contributed by atoms with Crippen LogP contribution in [0.4, 0.5) is 5.13 Å². The number of fused-ring (bicyclic) bond motifs is 1. The van der Waals surface area contributed by atoms with Crippen LogP contribution in [0.3, 0.4) is 0 Å². The number of nitrogens with two attached hydrogens (primary N) is 1. The molecule has 0 radical (unpaired) electrons. The van der Waals surface area contributed by atoms with Gasteiger partial charge in [0.1, 0.15) is 17.1 Å². The lowest BCUT2D eigenvalue weighted by molar-refractivity contribution is -0.118. The quantitative estimate of drug-likeness (QED) is 0.587. The third-order valence-corrected chi connectivity index (χ3v) is 4.88. The Labute approximate surface area is 155 Å². The van der Waals surface area contributed by atoms with E-state index in [2.05, 4.69) is 4.98 Å². The molecule has 2 heterocycles. The Kier molecular flexibility index (Phi) is 5.58. The first kappa shape index (κ1) is 18.4. The molecule has 3 N–H and O–H groups in total. The first-order valence-electron chi connectivity index (χ1n) is 8.33. The number of esters is 1. The van der Waals surface area contributed by atoms with Crippen molar-refractivity contribution < 1.29 is 24.0 Å². The second kappa shape index (κ2) is 7.88. The fourth-order valence-electron chi connectivity index (χ4n) is 3.00. The van der Waals surface area contributed by atoms with Crippen molar-refractivity contribution in [2.75, 3.05) is 12.3 Å². The van der Waals surface area contributed by atoms with E-state index >= 15 is 0 Å². The second-order valence-corrected chi connectivity index (χ2v) is 6.97. The maximum atomic E-state index is 12.3. The van der Waals surface area contributed by atoms with Gasteiger partial charge in [0.25, 0.3) is 0 Å². The van der Waals surface area contributed by atoms with E-state index in [1.165, 1.54) is 11.3 Å². The lowest BCUT2D eigenvalue weighted by Gasteiger charge is -2.28. The largest absolute Gasteiger partial charge is 0.535 e. The summed E-state index contributed by atoms with van der Waals surface area (Å²) in [5, 5.41) is 12.5. The average molecular weight is 374 g/mol. The number of para-hydroxylation sites is 1. The fraction of sp³-hybridized carbons (Fsp3) is 0.353. The molecule has 1 aliphatic rings. The minimum atomic E-state index is -1.16. The lowest BCUT2D eigenvalue weighted by Crippen LogP contribution is -2.36. The summed E-state index contributed by atoms with van der Waals surface area (Å²) in [6.07, 6.45) is 0.767. The standard InChI is InChI=1S/C17H19BN2O5S/c1-2-24-16(22)14-5-3-4-10-6-11(18(23)25-15(10)14)7-13(21)8-12-9-26-17(19)20-12/h3-5,9,11,23H,2,6-8H2,1H3,(H2,19,20)/t11-/m1/s1. The summed E-state index contributed by atoms with van der Waals surface area (Å²) >= 11 is 1.29. The highest BCUT2D eigenvalue weighted by Gasteiger charge is 2.37. The van der Waals surface area contributed by atoms with Crippen LogP contribution in [0.5, 0.6) is 5.75 Å². The van der Waals surface area contributed by atoms with Crippen LogP contribution in [0.2, 0.25) is 5.82 Å². The number of aromatic nitrogens is 1. The monoisotopic (exact) mass is 374 g/mol. The highest BCUT2D eigenvalue weighted by Crippen LogP contribution is 2.36. The summed E-state index contributed by atoms with van der Waals surface area (Å²) in [7, 11) is -1.16. The Morgan fingerprint density at radius 3 is 3.00 bits per heavy atom. The number of nitrogen functional groups attached to an aromatic ring is 1. The minimum absolute atomic E-state index is 0.0482. The number of hydrogen-bond donors (Lipinski definition) is 2. The summed E-state index contributed by atoms with van der Waals surface area (Å²) in [6.45, 7) is 1.98. The Bertz CT molecular complexity index is 825. The van der Waals surface area contributed by atoms with Crippen molar-refractivity contribution in [2.45, 2.75) is 32.0 Å². The Balaban J connectivity index is 1.70. The van der Waals surface area contributed by atoms with E-state index in [1.807, 2.05) is 6.07 Å². The maximum absolute atomic E-state index is 12.3. The Morgan fingerprint density at radius 1 is 1.50 bits per heavy atom. The van der Waals surface area contributed by atoms with Gasteiger partial charge < -0.3 is 20.1 Å². The molecule has 0 amide bonds. The normalized spacial score (nSPS) is 15.9. The van der Waals surface area contributed by atoms with E-state index in [-0.39, 0.29) is 36.6 Å². The number of Topliss-reactive ketones (excluding diaryl/α,β-unsaturated/α-hetero) is 1. The Hall–Kier alpha value is -2.39. The van der Waals surface area contributed by atoms with Gasteiger partial charge in [0, 0.05) is 24.0 Å². The van der Waals surface area contributed by atoms with Crippen molar-refractivity contribution in [1.82, 2.24) is 4.98 Å². The molecule has 26 heavy (non-hydrogen) atoms. The molecular formula is C17H19BN2O5S. The number of rotatable bonds is 6. The van der Waals surface area contributed by atoms with Crippen molar-refractivity contribution in [3.8, 4) is 5.75 Å². The van der Waals surface area contributed by atoms with Crippen LogP contribution in [-0.4, -0.2) is 35.5 Å². The smallest absolute Gasteiger partial charge is 0.526 e. The van der Waals surface area contributed by atoms with Gasteiger partial charge in [-0.05, 0) is 25.0 Å². The number of benzene rings is 1. The van der Waals surface area contributed by atoms with E-state index in [0.717, 1.165) is 5.56 Å². The molecule has 9 heteroatoms. The lowest BCUT2D eigenvalue weighted by atomic mass is 9.64. The van der Waals surface area contributed by atoms with Crippen LogP contribution >= 0.6 is 11.3 Å². The average Bonchev–Trinajstić information content (AvgIpc) is 3.00. The van der Waals surface area contributed by atoms with Gasteiger partial charge >= 0.3 is 13.1 Å². The number of thiazole rings is 1. The molecule has 0 aliphatic carbocycles. The van der Waals surface area contributed by atoms with Crippen LogP contribution in [0.25, 0.3) is 0 Å². The highest BCUT2D eigenvalue weighted by atomic mass is 32.1. The first-order valence-corrected chi connectivity index (χ1v) is 9.21. The number of ketones is 1. The van der Waals surface area contributed by atoms with E-state index in [0.29, 0.717) is 23.0 Å². The van der Waals surface area contributed by atoms with E-state index in [4.69, 9.17) is 15.1 Å². The molecule has 0 spiro atoms. The van der Waals surface area contributed by atoms with Crippen molar-refractivity contribution in [3.05, 3.63) is 40.4 Å². The van der Waals surface area contributed by atoms with Gasteiger partial charge in [-0.3, -0.25) is 4.79 Å². The number of anilines is 1.